The molecule has 2 amide bonds. The lowest BCUT2D eigenvalue weighted by molar-refractivity contribution is -0.117. The maximum Gasteiger partial charge on any atom is 0.251 e. The molecule has 0 radical (unpaired) electrons. The van der Waals surface area contributed by atoms with E-state index in [-0.39, 0.29) is 36.2 Å². The molecule has 6 heteroatoms. The quantitative estimate of drug-likeness (QED) is 0.553. The zero-order chi connectivity index (χ0) is 20.4. The second-order valence-corrected chi connectivity index (χ2v) is 7.76. The van der Waals surface area contributed by atoms with Gasteiger partial charge in [-0.3, -0.25) is 9.59 Å². The average Bonchev–Trinajstić information content (AvgIpc) is 3.48. The molecule has 4 N–H and O–H groups in total. The molecule has 1 saturated carbocycles. The Labute approximate surface area is 182 Å². The molecule has 0 aromatic heterocycles. The first-order valence-corrected chi connectivity index (χ1v) is 9.95. The van der Waals surface area contributed by atoms with Crippen LogP contribution in [0.15, 0.2) is 66.7 Å². The predicted octanol–water partition coefficient (Wildman–Crippen LogP) is 4.29. The Hall–Kier alpha value is -2.89. The van der Waals surface area contributed by atoms with E-state index in [0.717, 1.165) is 22.8 Å². The van der Waals surface area contributed by atoms with Gasteiger partial charge < -0.3 is 16.4 Å². The Bertz CT molecular complexity index is 1070. The molecule has 1 aliphatic carbocycles. The molecule has 4 rings (SSSR count). The Morgan fingerprint density at radius 1 is 1.03 bits per heavy atom. The van der Waals surface area contributed by atoms with Crippen molar-refractivity contribution < 1.29 is 9.59 Å². The van der Waals surface area contributed by atoms with Crippen LogP contribution in [0.5, 0.6) is 0 Å². The smallest absolute Gasteiger partial charge is 0.251 e. The molecule has 0 spiro atoms. The number of hydrogen-bond acceptors (Lipinski definition) is 3. The summed E-state index contributed by atoms with van der Waals surface area (Å²) in [5, 5.41) is 8.17. The van der Waals surface area contributed by atoms with Crippen LogP contribution >= 0.6 is 12.4 Å². The number of carbonyl (C=O) groups excluding carboxylic acids is 2. The van der Waals surface area contributed by atoms with Crippen LogP contribution < -0.4 is 16.4 Å². The zero-order valence-electron chi connectivity index (χ0n) is 16.8. The van der Waals surface area contributed by atoms with Crippen molar-refractivity contribution in [3.8, 4) is 0 Å². The van der Waals surface area contributed by atoms with Gasteiger partial charge in [0.05, 0.1) is 6.04 Å². The highest BCUT2D eigenvalue weighted by Gasteiger charge is 2.39. The number of anilines is 1. The summed E-state index contributed by atoms with van der Waals surface area (Å²) in [5.74, 6) is 0.325. The second-order valence-electron chi connectivity index (χ2n) is 7.76. The minimum Gasteiger partial charge on any atom is -0.344 e. The fourth-order valence-electron chi connectivity index (χ4n) is 3.61. The number of halogens is 1. The molecule has 3 unspecified atom stereocenters. The average molecular weight is 424 g/mol. The topological polar surface area (TPSA) is 84.2 Å². The van der Waals surface area contributed by atoms with E-state index in [4.69, 9.17) is 5.73 Å². The normalized spacial score (nSPS) is 18.2. The summed E-state index contributed by atoms with van der Waals surface area (Å²) < 4.78 is 0. The summed E-state index contributed by atoms with van der Waals surface area (Å²) >= 11 is 0. The van der Waals surface area contributed by atoms with Gasteiger partial charge >= 0.3 is 0 Å². The molecule has 0 bridgehead atoms. The van der Waals surface area contributed by atoms with Crippen molar-refractivity contribution in [3.63, 3.8) is 0 Å². The van der Waals surface area contributed by atoms with Crippen molar-refractivity contribution in [2.45, 2.75) is 19.4 Å². The molecule has 0 heterocycles. The van der Waals surface area contributed by atoms with Gasteiger partial charge in [0.2, 0.25) is 5.91 Å². The Balaban J connectivity index is 0.00000256. The maximum absolute atomic E-state index is 12.8. The van der Waals surface area contributed by atoms with E-state index >= 15 is 0 Å². The van der Waals surface area contributed by atoms with Crippen molar-refractivity contribution in [1.29, 1.82) is 0 Å². The van der Waals surface area contributed by atoms with Gasteiger partial charge in [-0.15, -0.1) is 12.4 Å². The molecule has 3 aromatic rings. The summed E-state index contributed by atoms with van der Waals surface area (Å²) in [5.41, 5.74) is 8.04. The second kappa shape index (κ2) is 9.28. The molecule has 30 heavy (non-hydrogen) atoms. The number of rotatable bonds is 6. The van der Waals surface area contributed by atoms with E-state index in [9.17, 15) is 9.59 Å². The molecule has 1 fully saturated rings. The van der Waals surface area contributed by atoms with E-state index in [1.807, 2.05) is 30.3 Å². The molecule has 0 saturated heterocycles. The summed E-state index contributed by atoms with van der Waals surface area (Å²) in [7, 11) is 0. The lowest BCUT2D eigenvalue weighted by atomic mass is 10.0. The highest BCUT2D eigenvalue weighted by atomic mass is 35.5. The first kappa shape index (κ1) is 21.8. The van der Waals surface area contributed by atoms with E-state index in [2.05, 4.69) is 29.7 Å². The van der Waals surface area contributed by atoms with Crippen LogP contribution in [0.2, 0.25) is 0 Å². The summed E-state index contributed by atoms with van der Waals surface area (Å²) in [6.07, 6.45) is 0.927. The van der Waals surface area contributed by atoms with Crippen LogP contribution in [0, 0.1) is 11.8 Å². The molecule has 3 aromatic carbocycles. The number of hydrogen-bond donors (Lipinski definition) is 3. The van der Waals surface area contributed by atoms with Crippen molar-refractivity contribution in [1.82, 2.24) is 5.32 Å². The van der Waals surface area contributed by atoms with Crippen LogP contribution in [-0.4, -0.2) is 18.4 Å². The van der Waals surface area contributed by atoms with Gasteiger partial charge in [0.15, 0.2) is 0 Å². The minimum atomic E-state index is -0.294. The minimum absolute atomic E-state index is 0. The van der Waals surface area contributed by atoms with Crippen molar-refractivity contribution in [3.05, 3.63) is 77.9 Å². The van der Waals surface area contributed by atoms with Crippen LogP contribution in [0.3, 0.4) is 0 Å². The van der Waals surface area contributed by atoms with E-state index in [1.165, 1.54) is 0 Å². The van der Waals surface area contributed by atoms with Gasteiger partial charge in [-0.1, -0.05) is 49.4 Å². The first-order valence-electron chi connectivity index (χ1n) is 9.95. The van der Waals surface area contributed by atoms with Gasteiger partial charge in [-0.05, 0) is 52.9 Å². The monoisotopic (exact) mass is 423 g/mol. The molecule has 1 aliphatic rings. The number of nitrogens with one attached hydrogen (secondary N) is 2. The number of amides is 2. The van der Waals surface area contributed by atoms with E-state index < -0.39 is 0 Å². The lowest BCUT2D eigenvalue weighted by Gasteiger charge is -2.18. The summed E-state index contributed by atoms with van der Waals surface area (Å²) in [6.45, 7) is 2.36. The molecule has 0 aliphatic heterocycles. The van der Waals surface area contributed by atoms with Crippen LogP contribution in [0.4, 0.5) is 5.69 Å². The largest absolute Gasteiger partial charge is 0.344 e. The van der Waals surface area contributed by atoms with Crippen molar-refractivity contribution >= 4 is 40.7 Å². The summed E-state index contributed by atoms with van der Waals surface area (Å²) in [6, 6.07) is 20.9. The molecular weight excluding hydrogens is 398 g/mol. The third-order valence-corrected chi connectivity index (χ3v) is 5.56. The molecule has 5 nitrogen and oxygen atoms in total. The lowest BCUT2D eigenvalue weighted by Crippen LogP contribution is -2.33. The SMILES string of the molecule is CC1CC1C(=O)Nc1cccc(C(=O)NC(CN)c2ccc3ccccc3c2)c1.Cl. The highest BCUT2D eigenvalue weighted by Crippen LogP contribution is 2.38. The van der Waals surface area contributed by atoms with E-state index in [0.29, 0.717) is 23.7 Å². The van der Waals surface area contributed by atoms with Crippen LogP contribution in [0.25, 0.3) is 10.8 Å². The third-order valence-electron chi connectivity index (χ3n) is 5.56. The van der Waals surface area contributed by atoms with Gasteiger partial charge in [-0.25, -0.2) is 0 Å². The Kier molecular flexibility index (Phi) is 6.75. The Morgan fingerprint density at radius 2 is 1.77 bits per heavy atom. The first-order chi connectivity index (χ1) is 14.0. The third kappa shape index (κ3) is 4.81. The number of nitrogens with two attached hydrogens (primary N) is 1. The fraction of sp³-hybridized carbons (Fsp3) is 0.250. The number of carbonyl (C=O) groups is 2. The van der Waals surface area contributed by atoms with Gasteiger partial charge in [0.25, 0.3) is 5.91 Å². The molecule has 156 valence electrons. The fourth-order valence-corrected chi connectivity index (χ4v) is 3.61. The summed E-state index contributed by atoms with van der Waals surface area (Å²) in [4.78, 5) is 25.0. The maximum atomic E-state index is 12.8. The molecule has 3 atom stereocenters. The van der Waals surface area contributed by atoms with Crippen molar-refractivity contribution in [2.75, 3.05) is 11.9 Å². The van der Waals surface area contributed by atoms with Gasteiger partial charge in [-0.2, -0.15) is 0 Å². The number of benzene rings is 3. The standard InChI is InChI=1S/C24H25N3O2.ClH/c1-15-11-21(15)24(29)26-20-8-4-7-19(13-20)23(28)27-22(14-25)18-10-9-16-5-2-3-6-17(16)12-18;/h2-10,12-13,15,21-22H,11,14,25H2,1H3,(H,26,29)(H,27,28);1H. The van der Waals surface area contributed by atoms with Crippen molar-refractivity contribution in [2.24, 2.45) is 17.6 Å². The number of fused-ring (bicyclic) bond motifs is 1. The Morgan fingerprint density at radius 3 is 2.47 bits per heavy atom. The van der Waals surface area contributed by atoms with Gasteiger partial charge in [0, 0.05) is 23.7 Å². The van der Waals surface area contributed by atoms with E-state index in [1.54, 1.807) is 24.3 Å². The van der Waals surface area contributed by atoms with Crippen LogP contribution in [0.1, 0.15) is 35.3 Å². The zero-order valence-corrected chi connectivity index (χ0v) is 17.6. The van der Waals surface area contributed by atoms with Gasteiger partial charge in [0.1, 0.15) is 0 Å². The van der Waals surface area contributed by atoms with Crippen LogP contribution in [-0.2, 0) is 4.79 Å². The predicted molar refractivity (Wildman–Crippen MR) is 123 cm³/mol. The highest BCUT2D eigenvalue weighted by molar-refractivity contribution is 5.98. The molecular formula is C24H26ClN3O2.